The summed E-state index contributed by atoms with van der Waals surface area (Å²) in [5, 5.41) is 8.76. The van der Waals surface area contributed by atoms with Gasteiger partial charge in [0.25, 0.3) is 0 Å². The number of hydrogen-bond donors (Lipinski definition) is 1. The fraction of sp³-hybridized carbons (Fsp3) is 0.583. The average molecular weight is 274 g/mol. The third-order valence-corrected chi connectivity index (χ3v) is 4.67. The number of carboxylic acid groups (broad SMARTS) is 1. The van der Waals surface area contributed by atoms with Crippen LogP contribution in [-0.2, 0) is 15.6 Å². The van der Waals surface area contributed by atoms with Crippen molar-refractivity contribution >= 4 is 15.8 Å². The van der Waals surface area contributed by atoms with E-state index in [0.717, 1.165) is 6.42 Å². The summed E-state index contributed by atoms with van der Waals surface area (Å²) in [7, 11) is -3.23. The van der Waals surface area contributed by atoms with Crippen molar-refractivity contribution in [1.82, 2.24) is 0 Å². The van der Waals surface area contributed by atoms with Crippen LogP contribution in [0.25, 0.3) is 0 Å². The molecule has 6 heteroatoms. The van der Waals surface area contributed by atoms with Crippen LogP contribution in [-0.4, -0.2) is 25.2 Å². The van der Waals surface area contributed by atoms with Crippen LogP contribution < -0.4 is 0 Å². The molecule has 1 aromatic rings. The first-order valence-corrected chi connectivity index (χ1v) is 7.60. The number of carboxylic acids is 1. The molecule has 0 aliphatic rings. The Labute approximate surface area is 107 Å². The van der Waals surface area contributed by atoms with E-state index in [1.165, 1.54) is 6.07 Å². The lowest BCUT2D eigenvalue weighted by Gasteiger charge is -2.08. The third kappa shape index (κ3) is 3.87. The summed E-state index contributed by atoms with van der Waals surface area (Å²) in [5.74, 6) is -1.03. The Kier molecular flexibility index (Phi) is 4.56. The van der Waals surface area contributed by atoms with Crippen LogP contribution in [0.2, 0.25) is 0 Å². The molecule has 0 radical (unpaired) electrons. The van der Waals surface area contributed by atoms with Crippen LogP contribution in [0.1, 0.15) is 42.1 Å². The molecule has 0 spiro atoms. The number of hydrogen-bond acceptors (Lipinski definition) is 4. The number of furan rings is 1. The van der Waals surface area contributed by atoms with Gasteiger partial charge in [-0.2, -0.15) is 0 Å². The average Bonchev–Trinajstić information content (AvgIpc) is 2.59. The second kappa shape index (κ2) is 5.56. The molecule has 0 aliphatic carbocycles. The van der Waals surface area contributed by atoms with Crippen molar-refractivity contribution in [3.63, 3.8) is 0 Å². The SMILES string of the molecule is CCC(C)CS(=O)(=O)Cc1cc(C(=O)O)oc1C. The molecule has 0 amide bonds. The van der Waals surface area contributed by atoms with E-state index in [-0.39, 0.29) is 23.2 Å². The van der Waals surface area contributed by atoms with Gasteiger partial charge in [-0.15, -0.1) is 0 Å². The molecule has 1 unspecified atom stereocenters. The molecule has 102 valence electrons. The fourth-order valence-electron chi connectivity index (χ4n) is 1.62. The van der Waals surface area contributed by atoms with Crippen LogP contribution >= 0.6 is 0 Å². The summed E-state index contributed by atoms with van der Waals surface area (Å²) in [6.07, 6.45) is 0.796. The fourth-order valence-corrected chi connectivity index (χ4v) is 3.60. The van der Waals surface area contributed by atoms with Gasteiger partial charge in [0.1, 0.15) is 5.76 Å². The van der Waals surface area contributed by atoms with Gasteiger partial charge >= 0.3 is 5.97 Å². The highest BCUT2D eigenvalue weighted by Gasteiger charge is 2.20. The van der Waals surface area contributed by atoms with Crippen molar-refractivity contribution in [2.24, 2.45) is 5.92 Å². The minimum absolute atomic E-state index is 0.0983. The third-order valence-electron chi connectivity index (χ3n) is 2.84. The van der Waals surface area contributed by atoms with E-state index >= 15 is 0 Å². The number of aryl methyl sites for hydroxylation is 1. The molecule has 0 fully saturated rings. The largest absolute Gasteiger partial charge is 0.475 e. The number of carbonyl (C=O) groups is 1. The maximum atomic E-state index is 11.9. The minimum atomic E-state index is -3.23. The van der Waals surface area contributed by atoms with Crippen LogP contribution in [0.4, 0.5) is 0 Å². The summed E-state index contributed by atoms with van der Waals surface area (Å²) in [4.78, 5) is 10.7. The lowest BCUT2D eigenvalue weighted by Crippen LogP contribution is -2.15. The molecule has 1 heterocycles. The Bertz CT molecular complexity index is 527. The van der Waals surface area contributed by atoms with E-state index in [1.807, 2.05) is 13.8 Å². The molecule has 0 aromatic carbocycles. The Morgan fingerprint density at radius 2 is 2.11 bits per heavy atom. The number of sulfone groups is 1. The number of rotatable bonds is 6. The first-order valence-electron chi connectivity index (χ1n) is 5.78. The van der Waals surface area contributed by atoms with Gasteiger partial charge in [0, 0.05) is 5.56 Å². The van der Waals surface area contributed by atoms with Gasteiger partial charge in [0.05, 0.1) is 11.5 Å². The molecule has 0 saturated heterocycles. The van der Waals surface area contributed by atoms with Gasteiger partial charge in [-0.1, -0.05) is 20.3 Å². The molecule has 5 nitrogen and oxygen atoms in total. The highest BCUT2D eigenvalue weighted by atomic mass is 32.2. The quantitative estimate of drug-likeness (QED) is 0.860. The van der Waals surface area contributed by atoms with Gasteiger partial charge in [-0.3, -0.25) is 0 Å². The van der Waals surface area contributed by atoms with Gasteiger partial charge in [-0.25, -0.2) is 13.2 Å². The Morgan fingerprint density at radius 3 is 2.56 bits per heavy atom. The molecular weight excluding hydrogens is 256 g/mol. The zero-order valence-corrected chi connectivity index (χ0v) is 11.6. The van der Waals surface area contributed by atoms with Crippen molar-refractivity contribution in [2.45, 2.75) is 32.9 Å². The van der Waals surface area contributed by atoms with Gasteiger partial charge in [-0.05, 0) is 18.9 Å². The molecule has 1 atom stereocenters. The summed E-state index contributed by atoms with van der Waals surface area (Å²) >= 11 is 0. The first-order chi connectivity index (χ1) is 8.25. The van der Waals surface area contributed by atoms with E-state index in [4.69, 9.17) is 9.52 Å². The van der Waals surface area contributed by atoms with Crippen molar-refractivity contribution in [3.05, 3.63) is 23.2 Å². The molecule has 1 rings (SSSR count). The molecule has 0 saturated carbocycles. The van der Waals surface area contributed by atoms with Crippen LogP contribution in [0.3, 0.4) is 0 Å². The van der Waals surface area contributed by atoms with Crippen molar-refractivity contribution in [2.75, 3.05) is 5.75 Å². The molecule has 0 bridgehead atoms. The lowest BCUT2D eigenvalue weighted by molar-refractivity contribution is 0.0661. The van der Waals surface area contributed by atoms with E-state index in [1.54, 1.807) is 6.92 Å². The highest BCUT2D eigenvalue weighted by Crippen LogP contribution is 2.19. The maximum Gasteiger partial charge on any atom is 0.371 e. The lowest BCUT2D eigenvalue weighted by atomic mass is 10.2. The van der Waals surface area contributed by atoms with Gasteiger partial charge in [0.2, 0.25) is 5.76 Å². The summed E-state index contributed by atoms with van der Waals surface area (Å²) in [6, 6.07) is 1.28. The van der Waals surface area contributed by atoms with Crippen molar-refractivity contribution in [1.29, 1.82) is 0 Å². The topological polar surface area (TPSA) is 84.6 Å². The zero-order chi connectivity index (χ0) is 13.9. The van der Waals surface area contributed by atoms with Gasteiger partial charge < -0.3 is 9.52 Å². The van der Waals surface area contributed by atoms with E-state index in [0.29, 0.717) is 11.3 Å². The normalized spacial score (nSPS) is 13.5. The van der Waals surface area contributed by atoms with Crippen LogP contribution in [0, 0.1) is 12.8 Å². The van der Waals surface area contributed by atoms with Crippen molar-refractivity contribution in [3.8, 4) is 0 Å². The monoisotopic (exact) mass is 274 g/mol. The molecule has 18 heavy (non-hydrogen) atoms. The standard InChI is InChI=1S/C12H18O5S/c1-4-8(2)6-18(15,16)7-10-5-11(12(13)14)17-9(10)3/h5,8H,4,6-7H2,1-3H3,(H,13,14). The smallest absolute Gasteiger partial charge is 0.371 e. The summed E-state index contributed by atoms with van der Waals surface area (Å²) in [6.45, 7) is 5.38. The highest BCUT2D eigenvalue weighted by molar-refractivity contribution is 7.90. The predicted molar refractivity (Wildman–Crippen MR) is 67.4 cm³/mol. The Morgan fingerprint density at radius 1 is 1.50 bits per heavy atom. The number of aromatic carboxylic acids is 1. The second-order valence-electron chi connectivity index (χ2n) is 4.57. The van der Waals surface area contributed by atoms with E-state index in [2.05, 4.69) is 0 Å². The van der Waals surface area contributed by atoms with Crippen LogP contribution in [0.5, 0.6) is 0 Å². The molecule has 1 aromatic heterocycles. The Hall–Kier alpha value is -1.30. The first kappa shape index (κ1) is 14.8. The zero-order valence-electron chi connectivity index (χ0n) is 10.8. The summed E-state index contributed by atoms with van der Waals surface area (Å²) in [5.41, 5.74) is 0.427. The summed E-state index contributed by atoms with van der Waals surface area (Å²) < 4.78 is 28.8. The van der Waals surface area contributed by atoms with E-state index in [9.17, 15) is 13.2 Å². The minimum Gasteiger partial charge on any atom is -0.475 e. The second-order valence-corrected chi connectivity index (χ2v) is 6.67. The molecule has 1 N–H and O–H groups in total. The van der Waals surface area contributed by atoms with Crippen molar-refractivity contribution < 1.29 is 22.7 Å². The van der Waals surface area contributed by atoms with Gasteiger partial charge in [0.15, 0.2) is 9.84 Å². The molecular formula is C12H18O5S. The Balaban J connectivity index is 2.87. The van der Waals surface area contributed by atoms with Crippen LogP contribution in [0.15, 0.2) is 10.5 Å². The predicted octanol–water partition coefficient (Wildman–Crippen LogP) is 2.25. The molecule has 0 aliphatic heterocycles. The maximum absolute atomic E-state index is 11.9. The van der Waals surface area contributed by atoms with E-state index < -0.39 is 15.8 Å².